The van der Waals surface area contributed by atoms with Crippen molar-refractivity contribution >= 4 is 29.2 Å². The zero-order valence-electron chi connectivity index (χ0n) is 14.3. The lowest BCUT2D eigenvalue weighted by Crippen LogP contribution is -2.14. The number of anilines is 3. The van der Waals surface area contributed by atoms with Gasteiger partial charge >= 0.3 is 6.01 Å². The van der Waals surface area contributed by atoms with Crippen LogP contribution in [0.5, 0.6) is 0 Å². The Hall–Kier alpha value is -3.49. The molecular weight excluding hydrogens is 341 g/mol. The molecule has 0 aliphatic carbocycles. The predicted octanol–water partition coefficient (Wildman–Crippen LogP) is 3.05. The van der Waals surface area contributed by atoms with Crippen LogP contribution in [-0.2, 0) is 7.05 Å². The summed E-state index contributed by atoms with van der Waals surface area (Å²) in [4.78, 5) is 28.1. The van der Waals surface area contributed by atoms with Crippen molar-refractivity contribution in [2.24, 2.45) is 7.05 Å². The summed E-state index contributed by atoms with van der Waals surface area (Å²) in [6.07, 6.45) is 1.14. The molecule has 134 valence electrons. The summed E-state index contributed by atoms with van der Waals surface area (Å²) in [6, 6.07) is 6.00. The topological polar surface area (TPSA) is 102 Å². The highest BCUT2D eigenvalue weighted by molar-refractivity contribution is 6.09. The van der Waals surface area contributed by atoms with Crippen molar-refractivity contribution in [3.05, 3.63) is 53.2 Å². The number of Topliss-reactive ketones (excluding diaryl/α,β-unsaturated/α-hetero) is 1. The zero-order valence-corrected chi connectivity index (χ0v) is 14.3. The largest absolute Gasteiger partial charge is 0.339 e. The quantitative estimate of drug-likeness (QED) is 0.681. The molecule has 0 aliphatic heterocycles. The minimum atomic E-state index is -0.577. The monoisotopic (exact) mass is 357 g/mol. The molecule has 0 bridgehead atoms. The first kappa shape index (κ1) is 17.3. The van der Waals surface area contributed by atoms with E-state index < -0.39 is 11.7 Å². The number of nitrogens with one attached hydrogen (secondary N) is 2. The lowest BCUT2D eigenvalue weighted by atomic mass is 10.2. The average molecular weight is 357 g/mol. The molecule has 0 spiro atoms. The first-order valence-electron chi connectivity index (χ1n) is 7.68. The Morgan fingerprint density at radius 2 is 2.04 bits per heavy atom. The van der Waals surface area contributed by atoms with Crippen molar-refractivity contribution in [1.29, 1.82) is 0 Å². The van der Waals surface area contributed by atoms with Gasteiger partial charge in [-0.15, -0.1) is 0 Å². The van der Waals surface area contributed by atoms with Gasteiger partial charge in [0, 0.05) is 14.0 Å². The molecule has 0 saturated heterocycles. The van der Waals surface area contributed by atoms with E-state index in [4.69, 9.17) is 4.52 Å². The summed E-state index contributed by atoms with van der Waals surface area (Å²) >= 11 is 0. The van der Waals surface area contributed by atoms with E-state index in [9.17, 15) is 14.0 Å². The van der Waals surface area contributed by atoms with E-state index in [2.05, 4.69) is 20.8 Å². The van der Waals surface area contributed by atoms with Crippen LogP contribution in [0.15, 0.2) is 35.1 Å². The van der Waals surface area contributed by atoms with Gasteiger partial charge in [-0.3, -0.25) is 14.9 Å². The van der Waals surface area contributed by atoms with Crippen molar-refractivity contribution in [2.75, 3.05) is 10.6 Å². The molecule has 0 fully saturated rings. The lowest BCUT2D eigenvalue weighted by molar-refractivity contribution is 0.100. The number of halogens is 1. The predicted molar refractivity (Wildman–Crippen MR) is 92.1 cm³/mol. The highest BCUT2D eigenvalue weighted by Crippen LogP contribution is 2.27. The Labute approximate surface area is 148 Å². The molecule has 2 N–H and O–H groups in total. The third-order valence-electron chi connectivity index (χ3n) is 3.80. The number of benzene rings is 1. The fraction of sp³-hybridized carbons (Fsp3) is 0.176. The van der Waals surface area contributed by atoms with Crippen LogP contribution in [0.4, 0.5) is 21.9 Å². The fourth-order valence-electron chi connectivity index (χ4n) is 2.51. The van der Waals surface area contributed by atoms with Crippen molar-refractivity contribution in [3.63, 3.8) is 0 Å². The van der Waals surface area contributed by atoms with Crippen molar-refractivity contribution in [2.45, 2.75) is 13.8 Å². The Bertz CT molecular complexity index is 979. The Kier molecular flexibility index (Phi) is 4.53. The molecule has 1 aromatic carbocycles. The second-order valence-corrected chi connectivity index (χ2v) is 5.72. The number of hydrogen-bond acceptors (Lipinski definition) is 6. The van der Waals surface area contributed by atoms with E-state index in [0.717, 1.165) is 11.9 Å². The molecule has 0 aliphatic rings. The number of carbonyl (C=O) groups excluding carboxylic acids is 2. The van der Waals surface area contributed by atoms with E-state index in [0.29, 0.717) is 0 Å². The highest BCUT2D eigenvalue weighted by Gasteiger charge is 2.22. The van der Waals surface area contributed by atoms with E-state index in [1.165, 1.54) is 23.6 Å². The molecule has 26 heavy (non-hydrogen) atoms. The van der Waals surface area contributed by atoms with Gasteiger partial charge in [0.25, 0.3) is 5.91 Å². The van der Waals surface area contributed by atoms with Gasteiger partial charge in [-0.2, -0.15) is 4.98 Å². The van der Waals surface area contributed by atoms with E-state index in [-0.39, 0.29) is 34.6 Å². The zero-order chi connectivity index (χ0) is 18.8. The van der Waals surface area contributed by atoms with Gasteiger partial charge in [0.2, 0.25) is 0 Å². The summed E-state index contributed by atoms with van der Waals surface area (Å²) < 4.78 is 20.4. The standard InChI is InChI=1S/C17H16FN5O3/c1-9-4-5-13(12(18)6-9)21-15-11(7-14(10(2)24)23(15)3)16(25)22-17-19-8-20-26-17/h4-8,21H,1-3H3,(H,19,20,22,25). The van der Waals surface area contributed by atoms with E-state index in [1.807, 2.05) is 0 Å². The van der Waals surface area contributed by atoms with Crippen LogP contribution in [0, 0.1) is 12.7 Å². The van der Waals surface area contributed by atoms with Gasteiger partial charge in [-0.1, -0.05) is 11.2 Å². The summed E-state index contributed by atoms with van der Waals surface area (Å²) in [6.45, 7) is 3.15. The first-order chi connectivity index (χ1) is 12.4. The number of rotatable bonds is 5. The van der Waals surface area contributed by atoms with Crippen molar-refractivity contribution < 1.29 is 18.5 Å². The fourth-order valence-corrected chi connectivity index (χ4v) is 2.51. The first-order valence-corrected chi connectivity index (χ1v) is 7.68. The van der Waals surface area contributed by atoms with Gasteiger partial charge in [0.15, 0.2) is 12.1 Å². The lowest BCUT2D eigenvalue weighted by Gasteiger charge is -2.12. The maximum absolute atomic E-state index is 14.2. The molecule has 0 saturated carbocycles. The number of carbonyl (C=O) groups is 2. The summed E-state index contributed by atoms with van der Waals surface area (Å²) in [5.41, 5.74) is 1.36. The van der Waals surface area contributed by atoms with Crippen LogP contribution in [0.25, 0.3) is 0 Å². The minimum absolute atomic E-state index is 0.0873. The molecular formula is C17H16FN5O3. The molecule has 3 rings (SSSR count). The molecule has 8 nitrogen and oxygen atoms in total. The maximum atomic E-state index is 14.2. The summed E-state index contributed by atoms with van der Waals surface area (Å²) in [5.74, 6) is -1.03. The summed E-state index contributed by atoms with van der Waals surface area (Å²) in [5, 5.41) is 8.71. The highest BCUT2D eigenvalue weighted by atomic mass is 19.1. The van der Waals surface area contributed by atoms with Crippen LogP contribution in [-0.4, -0.2) is 26.4 Å². The number of aromatic nitrogens is 3. The summed E-state index contributed by atoms with van der Waals surface area (Å²) in [7, 11) is 1.61. The van der Waals surface area contributed by atoms with Crippen LogP contribution in [0.2, 0.25) is 0 Å². The molecule has 9 heteroatoms. The van der Waals surface area contributed by atoms with Gasteiger partial charge < -0.3 is 14.4 Å². The second kappa shape index (κ2) is 6.79. The normalized spacial score (nSPS) is 10.6. The van der Waals surface area contributed by atoms with Crippen LogP contribution in [0.3, 0.4) is 0 Å². The molecule has 1 amide bonds. The Morgan fingerprint density at radius 3 is 2.65 bits per heavy atom. The number of ketones is 1. The van der Waals surface area contributed by atoms with Crippen molar-refractivity contribution in [1.82, 2.24) is 14.7 Å². The number of nitrogens with zero attached hydrogens (tertiary/aromatic N) is 3. The van der Waals surface area contributed by atoms with E-state index >= 15 is 0 Å². The molecule has 2 heterocycles. The number of hydrogen-bond donors (Lipinski definition) is 2. The van der Waals surface area contributed by atoms with Gasteiger partial charge in [0.05, 0.1) is 16.9 Å². The molecule has 0 radical (unpaired) electrons. The third-order valence-corrected chi connectivity index (χ3v) is 3.80. The smallest absolute Gasteiger partial charge is 0.328 e. The van der Waals surface area contributed by atoms with Crippen molar-refractivity contribution in [3.8, 4) is 0 Å². The van der Waals surface area contributed by atoms with Gasteiger partial charge in [0.1, 0.15) is 11.6 Å². The van der Waals surface area contributed by atoms with Crippen LogP contribution in [0.1, 0.15) is 33.3 Å². The second-order valence-electron chi connectivity index (χ2n) is 5.72. The van der Waals surface area contributed by atoms with Crippen LogP contribution >= 0.6 is 0 Å². The average Bonchev–Trinajstić information content (AvgIpc) is 3.18. The van der Waals surface area contributed by atoms with Gasteiger partial charge in [-0.05, 0) is 30.7 Å². The van der Waals surface area contributed by atoms with Crippen LogP contribution < -0.4 is 10.6 Å². The Balaban J connectivity index is 2.01. The number of amides is 1. The molecule has 0 unspecified atom stereocenters. The molecule has 2 aromatic heterocycles. The molecule has 3 aromatic rings. The Morgan fingerprint density at radius 1 is 1.27 bits per heavy atom. The SMILES string of the molecule is CC(=O)c1cc(C(=O)Nc2ncno2)c(Nc2ccc(C)cc2F)n1C. The third kappa shape index (κ3) is 3.32. The minimum Gasteiger partial charge on any atom is -0.339 e. The number of aryl methyl sites for hydroxylation is 1. The van der Waals surface area contributed by atoms with Gasteiger partial charge in [-0.25, -0.2) is 4.39 Å². The van der Waals surface area contributed by atoms with E-state index in [1.54, 1.807) is 26.1 Å². The maximum Gasteiger partial charge on any atom is 0.328 e. The molecule has 0 atom stereocenters.